The van der Waals surface area contributed by atoms with Gasteiger partial charge in [0.15, 0.2) is 0 Å². The number of hydrogen-bond donors (Lipinski definition) is 1. The molecule has 7 heteroatoms. The van der Waals surface area contributed by atoms with Gasteiger partial charge in [-0.2, -0.15) is 0 Å². The summed E-state index contributed by atoms with van der Waals surface area (Å²) >= 11 is 1.53. The van der Waals surface area contributed by atoms with Gasteiger partial charge in [0.2, 0.25) is 5.91 Å². The van der Waals surface area contributed by atoms with Crippen LogP contribution in [0.5, 0.6) is 0 Å². The van der Waals surface area contributed by atoms with E-state index in [1.807, 2.05) is 50.1 Å². The van der Waals surface area contributed by atoms with Crippen LogP contribution in [0.3, 0.4) is 0 Å². The summed E-state index contributed by atoms with van der Waals surface area (Å²) in [5.74, 6) is 0.577. The Kier molecular flexibility index (Phi) is 5.43. The van der Waals surface area contributed by atoms with E-state index in [0.29, 0.717) is 17.8 Å². The first kappa shape index (κ1) is 19.3. The number of thiophene rings is 1. The van der Waals surface area contributed by atoms with Crippen molar-refractivity contribution in [3.63, 3.8) is 0 Å². The van der Waals surface area contributed by atoms with Crippen molar-refractivity contribution in [2.45, 2.75) is 20.4 Å². The van der Waals surface area contributed by atoms with Gasteiger partial charge in [0.25, 0.3) is 5.56 Å². The topological polar surface area (TPSA) is 69.3 Å². The van der Waals surface area contributed by atoms with E-state index in [4.69, 9.17) is 0 Å². The minimum absolute atomic E-state index is 0.00884. The van der Waals surface area contributed by atoms with Crippen LogP contribution in [0, 0.1) is 13.8 Å². The Morgan fingerprint density at radius 1 is 1.15 bits per heavy atom. The summed E-state index contributed by atoms with van der Waals surface area (Å²) in [4.78, 5) is 37.4. The summed E-state index contributed by atoms with van der Waals surface area (Å²) in [6.07, 6.45) is 0. The van der Waals surface area contributed by atoms with Gasteiger partial charge in [0.05, 0.1) is 18.5 Å². The molecule has 0 aliphatic heterocycles. The van der Waals surface area contributed by atoms with Crippen LogP contribution in [0.15, 0.2) is 29.1 Å². The fourth-order valence-electron chi connectivity index (χ4n) is 2.99. The molecule has 0 unspecified atom stereocenters. The van der Waals surface area contributed by atoms with Crippen molar-refractivity contribution >= 4 is 27.5 Å². The predicted octanol–water partition coefficient (Wildman–Crippen LogP) is 2.79. The number of carbonyl (C=O) groups is 1. The smallest absolute Gasteiger partial charge is 0.260 e. The SMILES string of the molecule is Cc1ccc(-c2c(C)sc3nc(CN(C)CC(=O)N(C)C)[nH]c(=O)c23)cc1. The molecule has 0 atom stereocenters. The molecular weight excluding hydrogens is 360 g/mol. The number of amides is 1. The molecule has 0 aliphatic rings. The molecule has 0 aliphatic carbocycles. The van der Waals surface area contributed by atoms with Gasteiger partial charge in [-0.1, -0.05) is 29.8 Å². The maximum Gasteiger partial charge on any atom is 0.260 e. The number of aryl methyl sites for hydroxylation is 2. The number of nitrogens with zero attached hydrogens (tertiary/aromatic N) is 3. The largest absolute Gasteiger partial charge is 0.348 e. The first-order chi connectivity index (χ1) is 12.8. The van der Waals surface area contributed by atoms with Crippen LogP contribution in [-0.2, 0) is 11.3 Å². The Morgan fingerprint density at radius 2 is 1.81 bits per heavy atom. The molecule has 1 aromatic carbocycles. The normalized spacial score (nSPS) is 11.3. The van der Waals surface area contributed by atoms with Crippen LogP contribution < -0.4 is 5.56 Å². The lowest BCUT2D eigenvalue weighted by atomic mass is 10.0. The highest BCUT2D eigenvalue weighted by atomic mass is 32.1. The van der Waals surface area contributed by atoms with Gasteiger partial charge in [0.1, 0.15) is 10.7 Å². The fraction of sp³-hybridized carbons (Fsp3) is 0.350. The summed E-state index contributed by atoms with van der Waals surface area (Å²) in [6.45, 7) is 4.73. The second-order valence-corrected chi connectivity index (χ2v) is 8.26. The number of fused-ring (bicyclic) bond motifs is 1. The summed E-state index contributed by atoms with van der Waals surface area (Å²) < 4.78 is 0. The third-order valence-corrected chi connectivity index (χ3v) is 5.45. The average Bonchev–Trinajstić information content (AvgIpc) is 2.91. The van der Waals surface area contributed by atoms with Crippen LogP contribution in [-0.4, -0.2) is 53.4 Å². The highest BCUT2D eigenvalue weighted by molar-refractivity contribution is 7.19. The Balaban J connectivity index is 1.96. The number of rotatable bonds is 5. The third kappa shape index (κ3) is 4.09. The van der Waals surface area contributed by atoms with Crippen molar-refractivity contribution < 1.29 is 4.79 Å². The summed E-state index contributed by atoms with van der Waals surface area (Å²) in [7, 11) is 5.29. The number of nitrogens with one attached hydrogen (secondary N) is 1. The molecule has 0 radical (unpaired) electrons. The third-order valence-electron chi connectivity index (χ3n) is 4.45. The molecule has 2 heterocycles. The standard InChI is InChI=1S/C20H24N4O2S/c1-12-6-8-14(9-7-12)17-13(2)27-20-18(17)19(26)21-15(22-20)10-24(5)11-16(25)23(3)4/h6-9H,10-11H2,1-5H3,(H,21,22,26). The Morgan fingerprint density at radius 3 is 2.44 bits per heavy atom. The molecule has 6 nitrogen and oxygen atoms in total. The molecule has 27 heavy (non-hydrogen) atoms. The molecule has 0 fully saturated rings. The van der Waals surface area contributed by atoms with E-state index in [1.165, 1.54) is 16.9 Å². The number of benzene rings is 1. The Bertz CT molecular complexity index is 1030. The van der Waals surface area contributed by atoms with Gasteiger partial charge < -0.3 is 9.88 Å². The number of carbonyl (C=O) groups excluding carboxylic acids is 1. The zero-order valence-corrected chi connectivity index (χ0v) is 17.1. The van der Waals surface area contributed by atoms with Crippen molar-refractivity contribution in [1.82, 2.24) is 19.8 Å². The number of H-pyrrole nitrogens is 1. The molecule has 142 valence electrons. The monoisotopic (exact) mass is 384 g/mol. The number of likely N-dealkylation sites (N-methyl/N-ethyl adjacent to an activating group) is 2. The quantitative estimate of drug-likeness (QED) is 0.734. The van der Waals surface area contributed by atoms with Gasteiger partial charge in [-0.3, -0.25) is 14.5 Å². The number of hydrogen-bond acceptors (Lipinski definition) is 5. The van der Waals surface area contributed by atoms with Crippen molar-refractivity contribution in [2.75, 3.05) is 27.7 Å². The van der Waals surface area contributed by atoms with E-state index in [2.05, 4.69) is 9.97 Å². The van der Waals surface area contributed by atoms with E-state index >= 15 is 0 Å². The first-order valence-electron chi connectivity index (χ1n) is 8.74. The van der Waals surface area contributed by atoms with Crippen LogP contribution in [0.4, 0.5) is 0 Å². The Labute approximate surface area is 162 Å². The van der Waals surface area contributed by atoms with E-state index < -0.39 is 0 Å². The molecule has 0 bridgehead atoms. The number of aromatic nitrogens is 2. The van der Waals surface area contributed by atoms with E-state index in [1.54, 1.807) is 19.0 Å². The molecule has 2 aromatic heterocycles. The zero-order chi connectivity index (χ0) is 19.7. The molecule has 3 aromatic rings. The van der Waals surface area contributed by atoms with Crippen LogP contribution in [0.25, 0.3) is 21.3 Å². The number of aromatic amines is 1. The predicted molar refractivity (Wildman–Crippen MR) is 110 cm³/mol. The summed E-state index contributed by atoms with van der Waals surface area (Å²) in [5, 5.41) is 0.636. The zero-order valence-electron chi connectivity index (χ0n) is 16.3. The molecule has 0 saturated heterocycles. The van der Waals surface area contributed by atoms with Crippen molar-refractivity contribution in [2.24, 2.45) is 0 Å². The minimum Gasteiger partial charge on any atom is -0.348 e. The lowest BCUT2D eigenvalue weighted by Gasteiger charge is -2.18. The van der Waals surface area contributed by atoms with Crippen LogP contribution >= 0.6 is 11.3 Å². The van der Waals surface area contributed by atoms with Crippen molar-refractivity contribution in [1.29, 1.82) is 0 Å². The van der Waals surface area contributed by atoms with Crippen molar-refractivity contribution in [3.8, 4) is 11.1 Å². The molecule has 1 amide bonds. The Hall–Kier alpha value is -2.51. The second kappa shape index (κ2) is 7.62. The highest BCUT2D eigenvalue weighted by Gasteiger charge is 2.17. The van der Waals surface area contributed by atoms with Gasteiger partial charge in [-0.25, -0.2) is 4.98 Å². The van der Waals surface area contributed by atoms with E-state index in [9.17, 15) is 9.59 Å². The molecule has 0 saturated carbocycles. The lowest BCUT2D eigenvalue weighted by molar-refractivity contribution is -0.129. The van der Waals surface area contributed by atoms with Crippen LogP contribution in [0.2, 0.25) is 0 Å². The molecule has 1 N–H and O–H groups in total. The van der Waals surface area contributed by atoms with Gasteiger partial charge in [-0.05, 0) is 26.5 Å². The van der Waals surface area contributed by atoms with Gasteiger partial charge in [-0.15, -0.1) is 11.3 Å². The lowest BCUT2D eigenvalue weighted by Crippen LogP contribution is -2.34. The second-order valence-electron chi connectivity index (χ2n) is 7.05. The summed E-state index contributed by atoms with van der Waals surface area (Å²) in [5.41, 5.74) is 3.02. The fourth-order valence-corrected chi connectivity index (χ4v) is 4.05. The van der Waals surface area contributed by atoms with Crippen molar-refractivity contribution in [3.05, 3.63) is 50.9 Å². The molecule has 0 spiro atoms. The van der Waals surface area contributed by atoms with E-state index in [-0.39, 0.29) is 18.0 Å². The maximum absolute atomic E-state index is 12.8. The molecular formula is C20H24N4O2S. The molecule has 3 rings (SSSR count). The highest BCUT2D eigenvalue weighted by Crippen LogP contribution is 2.35. The maximum atomic E-state index is 12.8. The van der Waals surface area contributed by atoms with E-state index in [0.717, 1.165) is 20.8 Å². The van der Waals surface area contributed by atoms with Gasteiger partial charge >= 0.3 is 0 Å². The van der Waals surface area contributed by atoms with Gasteiger partial charge in [0, 0.05) is 24.5 Å². The minimum atomic E-state index is -0.137. The van der Waals surface area contributed by atoms with Crippen LogP contribution in [0.1, 0.15) is 16.3 Å². The average molecular weight is 385 g/mol. The summed E-state index contributed by atoms with van der Waals surface area (Å²) in [6, 6.07) is 8.17. The first-order valence-corrected chi connectivity index (χ1v) is 9.56.